The van der Waals surface area contributed by atoms with Crippen molar-refractivity contribution in [2.45, 2.75) is 25.3 Å². The van der Waals surface area contributed by atoms with E-state index in [1.165, 1.54) is 7.05 Å². The Morgan fingerprint density at radius 1 is 1.32 bits per heavy atom. The van der Waals surface area contributed by atoms with E-state index in [1.54, 1.807) is 0 Å². The van der Waals surface area contributed by atoms with Gasteiger partial charge in [0.1, 0.15) is 12.4 Å². The van der Waals surface area contributed by atoms with Crippen LogP contribution in [-0.2, 0) is 4.79 Å². The molecule has 6 heteroatoms. The zero-order valence-electron chi connectivity index (χ0n) is 12.9. The first-order valence-corrected chi connectivity index (χ1v) is 7.62. The standard InChI is InChI=1S/C16H23N3O3/c1-17-16(21)18-15(20)9-11-19-10-5-6-13(19)12-22-14-7-3-2-4-8-14/h2-4,7-8,13H,5-6,9-12H2,1H3,(H2,17,18,20,21). The van der Waals surface area contributed by atoms with Gasteiger partial charge in [-0.15, -0.1) is 0 Å². The van der Waals surface area contributed by atoms with Gasteiger partial charge in [-0.25, -0.2) is 4.79 Å². The number of likely N-dealkylation sites (tertiary alicyclic amines) is 1. The molecule has 0 bridgehead atoms. The zero-order chi connectivity index (χ0) is 15.8. The topological polar surface area (TPSA) is 70.7 Å². The number of nitrogens with one attached hydrogen (secondary N) is 2. The molecule has 1 aromatic rings. The smallest absolute Gasteiger partial charge is 0.321 e. The molecule has 0 saturated carbocycles. The molecule has 0 aromatic heterocycles. The number of carbonyl (C=O) groups excluding carboxylic acids is 2. The maximum absolute atomic E-state index is 11.6. The second-order valence-corrected chi connectivity index (χ2v) is 5.33. The van der Waals surface area contributed by atoms with Crippen molar-refractivity contribution in [2.75, 3.05) is 26.7 Å². The number of imide groups is 1. The number of nitrogens with zero attached hydrogens (tertiary/aromatic N) is 1. The number of rotatable bonds is 6. The van der Waals surface area contributed by atoms with Gasteiger partial charge in [0.2, 0.25) is 5.91 Å². The summed E-state index contributed by atoms with van der Waals surface area (Å²) in [5.41, 5.74) is 0. The van der Waals surface area contributed by atoms with Crippen LogP contribution in [-0.4, -0.2) is 49.6 Å². The number of urea groups is 1. The molecule has 1 unspecified atom stereocenters. The third-order valence-corrected chi connectivity index (χ3v) is 3.79. The maximum Gasteiger partial charge on any atom is 0.321 e. The van der Waals surface area contributed by atoms with Crippen LogP contribution in [0.15, 0.2) is 30.3 Å². The summed E-state index contributed by atoms with van der Waals surface area (Å²) in [5.74, 6) is 0.612. The Morgan fingerprint density at radius 2 is 2.09 bits per heavy atom. The highest BCUT2D eigenvalue weighted by molar-refractivity contribution is 5.94. The minimum Gasteiger partial charge on any atom is -0.492 e. The molecule has 0 aliphatic carbocycles. The Labute approximate surface area is 130 Å². The van der Waals surface area contributed by atoms with E-state index >= 15 is 0 Å². The van der Waals surface area contributed by atoms with Crippen LogP contribution in [0, 0.1) is 0 Å². The molecule has 0 radical (unpaired) electrons. The van der Waals surface area contributed by atoms with Crippen LogP contribution in [0.3, 0.4) is 0 Å². The third-order valence-electron chi connectivity index (χ3n) is 3.79. The first-order valence-electron chi connectivity index (χ1n) is 7.62. The van der Waals surface area contributed by atoms with Gasteiger partial charge in [-0.3, -0.25) is 15.0 Å². The fraction of sp³-hybridized carbons (Fsp3) is 0.500. The fourth-order valence-electron chi connectivity index (χ4n) is 2.58. The quantitative estimate of drug-likeness (QED) is 0.833. The van der Waals surface area contributed by atoms with Gasteiger partial charge in [0.15, 0.2) is 0 Å². The Morgan fingerprint density at radius 3 is 2.82 bits per heavy atom. The molecular formula is C16H23N3O3. The van der Waals surface area contributed by atoms with Gasteiger partial charge in [-0.05, 0) is 31.5 Å². The Kier molecular flexibility index (Phi) is 6.21. The molecule has 2 rings (SSSR count). The summed E-state index contributed by atoms with van der Waals surface area (Å²) < 4.78 is 5.80. The predicted octanol–water partition coefficient (Wildman–Crippen LogP) is 1.38. The van der Waals surface area contributed by atoms with Crippen LogP contribution < -0.4 is 15.4 Å². The second-order valence-electron chi connectivity index (χ2n) is 5.33. The van der Waals surface area contributed by atoms with Crippen molar-refractivity contribution >= 4 is 11.9 Å². The van der Waals surface area contributed by atoms with Crippen LogP contribution in [0.25, 0.3) is 0 Å². The minimum absolute atomic E-state index is 0.256. The molecule has 0 spiro atoms. The SMILES string of the molecule is CNC(=O)NC(=O)CCN1CCCC1COc1ccccc1. The van der Waals surface area contributed by atoms with Crippen molar-refractivity contribution in [1.82, 2.24) is 15.5 Å². The van der Waals surface area contributed by atoms with Crippen LogP contribution in [0.1, 0.15) is 19.3 Å². The zero-order valence-corrected chi connectivity index (χ0v) is 12.9. The monoisotopic (exact) mass is 305 g/mol. The molecule has 120 valence electrons. The highest BCUT2D eigenvalue weighted by atomic mass is 16.5. The molecule has 1 aliphatic rings. The van der Waals surface area contributed by atoms with Gasteiger partial charge in [-0.2, -0.15) is 0 Å². The fourth-order valence-corrected chi connectivity index (χ4v) is 2.58. The third kappa shape index (κ3) is 5.04. The lowest BCUT2D eigenvalue weighted by atomic mass is 10.2. The first-order chi connectivity index (χ1) is 10.7. The van der Waals surface area contributed by atoms with Crippen molar-refractivity contribution in [3.05, 3.63) is 30.3 Å². The number of para-hydroxylation sites is 1. The van der Waals surface area contributed by atoms with E-state index in [9.17, 15) is 9.59 Å². The molecular weight excluding hydrogens is 282 g/mol. The van der Waals surface area contributed by atoms with Crippen molar-refractivity contribution in [3.63, 3.8) is 0 Å². The Hall–Kier alpha value is -2.08. The van der Waals surface area contributed by atoms with Gasteiger partial charge >= 0.3 is 6.03 Å². The predicted molar refractivity (Wildman–Crippen MR) is 83.7 cm³/mol. The molecule has 2 N–H and O–H groups in total. The van der Waals surface area contributed by atoms with E-state index in [1.807, 2.05) is 30.3 Å². The van der Waals surface area contributed by atoms with Gasteiger partial charge in [0.25, 0.3) is 0 Å². The van der Waals surface area contributed by atoms with E-state index < -0.39 is 6.03 Å². The number of carbonyl (C=O) groups is 2. The Bertz CT molecular complexity index is 493. The number of amides is 3. The van der Waals surface area contributed by atoms with Crippen molar-refractivity contribution in [3.8, 4) is 5.75 Å². The number of hydrogen-bond acceptors (Lipinski definition) is 4. The molecule has 22 heavy (non-hydrogen) atoms. The van der Waals surface area contributed by atoms with Crippen molar-refractivity contribution in [1.29, 1.82) is 0 Å². The lowest BCUT2D eigenvalue weighted by Crippen LogP contribution is -2.40. The summed E-state index contributed by atoms with van der Waals surface area (Å²) in [4.78, 5) is 24.9. The number of hydrogen-bond donors (Lipinski definition) is 2. The molecule has 1 atom stereocenters. The lowest BCUT2D eigenvalue weighted by Gasteiger charge is -2.24. The van der Waals surface area contributed by atoms with Crippen molar-refractivity contribution in [2.24, 2.45) is 0 Å². The van der Waals surface area contributed by atoms with Crippen LogP contribution in [0.2, 0.25) is 0 Å². The highest BCUT2D eigenvalue weighted by Gasteiger charge is 2.25. The summed E-state index contributed by atoms with van der Waals surface area (Å²) in [7, 11) is 1.49. The molecule has 1 saturated heterocycles. The average Bonchev–Trinajstić information content (AvgIpc) is 2.99. The summed E-state index contributed by atoms with van der Waals surface area (Å²) in [6, 6.07) is 9.60. The number of benzene rings is 1. The van der Waals surface area contributed by atoms with E-state index in [0.717, 1.165) is 25.1 Å². The average molecular weight is 305 g/mol. The molecule has 1 aromatic carbocycles. The highest BCUT2D eigenvalue weighted by Crippen LogP contribution is 2.19. The van der Waals surface area contributed by atoms with Gasteiger partial charge in [0, 0.05) is 26.1 Å². The van der Waals surface area contributed by atoms with Crippen LogP contribution in [0.4, 0.5) is 4.79 Å². The summed E-state index contributed by atoms with van der Waals surface area (Å²) >= 11 is 0. The lowest BCUT2D eigenvalue weighted by molar-refractivity contribution is -0.120. The van der Waals surface area contributed by atoms with E-state index in [2.05, 4.69) is 15.5 Å². The maximum atomic E-state index is 11.6. The van der Waals surface area contributed by atoms with Gasteiger partial charge in [-0.1, -0.05) is 18.2 Å². The summed E-state index contributed by atoms with van der Waals surface area (Å²) in [6.45, 7) is 2.24. The molecule has 1 fully saturated rings. The van der Waals surface area contributed by atoms with Crippen molar-refractivity contribution < 1.29 is 14.3 Å². The van der Waals surface area contributed by atoms with E-state index in [-0.39, 0.29) is 5.91 Å². The molecule has 1 heterocycles. The summed E-state index contributed by atoms with van der Waals surface area (Å²) in [6.07, 6.45) is 2.50. The molecule has 1 aliphatic heterocycles. The largest absolute Gasteiger partial charge is 0.492 e. The van der Waals surface area contributed by atoms with Gasteiger partial charge < -0.3 is 10.1 Å². The summed E-state index contributed by atoms with van der Waals surface area (Å²) in [5, 5.41) is 4.65. The first kappa shape index (κ1) is 16.3. The Balaban J connectivity index is 1.73. The molecule has 3 amide bonds. The second kappa shape index (κ2) is 8.38. The molecule has 6 nitrogen and oxygen atoms in total. The van der Waals surface area contributed by atoms with Crippen LogP contribution >= 0.6 is 0 Å². The van der Waals surface area contributed by atoms with Crippen LogP contribution in [0.5, 0.6) is 5.75 Å². The van der Waals surface area contributed by atoms with E-state index in [4.69, 9.17) is 4.74 Å². The number of ether oxygens (including phenoxy) is 1. The normalized spacial score (nSPS) is 18.0. The van der Waals surface area contributed by atoms with E-state index in [0.29, 0.717) is 25.6 Å². The minimum atomic E-state index is -0.463. The van der Waals surface area contributed by atoms with Gasteiger partial charge in [0.05, 0.1) is 0 Å².